The second kappa shape index (κ2) is 5.74. The lowest BCUT2D eigenvalue weighted by Gasteiger charge is -2.56. The van der Waals surface area contributed by atoms with E-state index in [1.807, 2.05) is 0 Å². The van der Waals surface area contributed by atoms with Crippen molar-refractivity contribution in [2.45, 2.75) is 45.2 Å². The minimum atomic E-state index is -0.576. The van der Waals surface area contributed by atoms with Gasteiger partial charge in [-0.2, -0.15) is 0 Å². The number of hydrogen-bond acceptors (Lipinski definition) is 3. The Morgan fingerprint density at radius 1 is 1.28 bits per heavy atom. The maximum Gasteiger partial charge on any atom is 0.261 e. The highest BCUT2D eigenvalue weighted by Gasteiger charge is 2.48. The summed E-state index contributed by atoms with van der Waals surface area (Å²) in [5, 5.41) is 3.63. The molecule has 1 aromatic carbocycles. The Labute approximate surface area is 150 Å². The topological polar surface area (TPSA) is 32.3 Å². The monoisotopic (exact) mass is 364 g/mol. The third-order valence-electron chi connectivity index (χ3n) is 6.03. The second-order valence-electron chi connectivity index (χ2n) is 7.76. The van der Waals surface area contributed by atoms with Crippen LogP contribution in [-0.4, -0.2) is 35.5 Å². The van der Waals surface area contributed by atoms with Crippen LogP contribution in [-0.2, 0) is 0 Å². The molecule has 6 heteroatoms. The SMILES string of the molecule is Cc1c(F)cc2cc(C(=O)N[C@H]3C4CCN(CC4)C3(C)C)sc2c1F. The van der Waals surface area contributed by atoms with Crippen molar-refractivity contribution in [3.8, 4) is 0 Å². The highest BCUT2D eigenvalue weighted by Crippen LogP contribution is 2.39. The van der Waals surface area contributed by atoms with Crippen LogP contribution in [0.15, 0.2) is 12.1 Å². The van der Waals surface area contributed by atoms with Gasteiger partial charge in [0.2, 0.25) is 0 Å². The fourth-order valence-electron chi connectivity index (χ4n) is 4.41. The maximum absolute atomic E-state index is 14.3. The number of rotatable bonds is 2. The molecule has 1 aromatic heterocycles. The molecular weight excluding hydrogens is 342 g/mol. The lowest BCUT2D eigenvalue weighted by atomic mass is 9.72. The van der Waals surface area contributed by atoms with Gasteiger partial charge in [0.05, 0.1) is 9.58 Å². The standard InChI is InChI=1S/C19H22F2N2OS/c1-10-13(20)8-12-9-14(25-16(12)15(10)21)18(24)22-17-11-4-6-23(7-5-11)19(17,2)3/h8-9,11,17H,4-7H2,1-3H3,(H,22,24)/t17-/m0/s1. The Balaban J connectivity index is 1.63. The Morgan fingerprint density at radius 2 is 1.96 bits per heavy atom. The molecule has 0 spiro atoms. The van der Waals surface area contributed by atoms with Crippen LogP contribution < -0.4 is 5.32 Å². The quantitative estimate of drug-likeness (QED) is 0.870. The van der Waals surface area contributed by atoms with Gasteiger partial charge in [0.25, 0.3) is 5.91 Å². The Kier molecular flexibility index (Phi) is 3.88. The molecule has 0 radical (unpaired) electrons. The number of hydrogen-bond donors (Lipinski definition) is 1. The van der Waals surface area contributed by atoms with E-state index in [2.05, 4.69) is 24.1 Å². The van der Waals surface area contributed by atoms with Crippen LogP contribution in [0.1, 0.15) is 41.9 Å². The molecule has 0 saturated carbocycles. The number of nitrogens with zero attached hydrogens (tertiary/aromatic N) is 1. The van der Waals surface area contributed by atoms with E-state index in [1.165, 1.54) is 13.0 Å². The number of piperidine rings is 3. The first-order valence-electron chi connectivity index (χ1n) is 8.73. The first-order valence-corrected chi connectivity index (χ1v) is 9.54. The van der Waals surface area contributed by atoms with Crippen molar-refractivity contribution in [1.82, 2.24) is 10.2 Å². The lowest BCUT2D eigenvalue weighted by Crippen LogP contribution is -2.69. The van der Waals surface area contributed by atoms with Gasteiger partial charge in [-0.25, -0.2) is 8.78 Å². The number of thiophene rings is 1. The third-order valence-corrected chi connectivity index (χ3v) is 7.17. The highest BCUT2D eigenvalue weighted by atomic mass is 32.1. The number of carbonyl (C=O) groups excluding carboxylic acids is 1. The summed E-state index contributed by atoms with van der Waals surface area (Å²) in [7, 11) is 0. The summed E-state index contributed by atoms with van der Waals surface area (Å²) in [6.45, 7) is 7.92. The number of nitrogens with one attached hydrogen (secondary N) is 1. The molecule has 2 aromatic rings. The van der Waals surface area contributed by atoms with Gasteiger partial charge in [0.15, 0.2) is 0 Å². The van der Waals surface area contributed by atoms with Crippen molar-refractivity contribution in [3.63, 3.8) is 0 Å². The fraction of sp³-hybridized carbons (Fsp3) is 0.526. The van der Waals surface area contributed by atoms with Crippen molar-refractivity contribution < 1.29 is 13.6 Å². The number of benzene rings is 1. The van der Waals surface area contributed by atoms with Crippen molar-refractivity contribution in [1.29, 1.82) is 0 Å². The van der Waals surface area contributed by atoms with E-state index in [-0.39, 0.29) is 23.1 Å². The molecule has 1 amide bonds. The summed E-state index contributed by atoms with van der Waals surface area (Å²) in [5.74, 6) is -0.851. The fourth-order valence-corrected chi connectivity index (χ4v) is 5.44. The molecule has 2 bridgehead atoms. The van der Waals surface area contributed by atoms with Crippen LogP contribution >= 0.6 is 11.3 Å². The first-order chi connectivity index (χ1) is 11.8. The predicted molar refractivity (Wildman–Crippen MR) is 96.1 cm³/mol. The highest BCUT2D eigenvalue weighted by molar-refractivity contribution is 7.20. The average molecular weight is 364 g/mol. The predicted octanol–water partition coefficient (Wildman–Crippen LogP) is 4.09. The van der Waals surface area contributed by atoms with E-state index < -0.39 is 11.6 Å². The molecule has 3 aliphatic heterocycles. The van der Waals surface area contributed by atoms with Crippen LogP contribution in [0, 0.1) is 24.5 Å². The van der Waals surface area contributed by atoms with Gasteiger partial charge in [-0.3, -0.25) is 9.69 Å². The minimum Gasteiger partial charge on any atom is -0.346 e. The van der Waals surface area contributed by atoms with Gasteiger partial charge in [-0.05, 0) is 70.1 Å². The zero-order valence-corrected chi connectivity index (χ0v) is 15.5. The zero-order valence-electron chi connectivity index (χ0n) is 14.7. The molecular formula is C19H22F2N2OS. The maximum atomic E-state index is 14.3. The molecule has 0 aliphatic carbocycles. The molecule has 1 atom stereocenters. The Bertz CT molecular complexity index is 853. The molecule has 3 aliphatic rings. The van der Waals surface area contributed by atoms with Crippen LogP contribution in [0.3, 0.4) is 0 Å². The van der Waals surface area contributed by atoms with E-state index in [9.17, 15) is 13.6 Å². The van der Waals surface area contributed by atoms with Crippen LogP contribution in [0.4, 0.5) is 8.78 Å². The molecule has 3 fully saturated rings. The largest absolute Gasteiger partial charge is 0.346 e. The third kappa shape index (κ3) is 2.57. The molecule has 3 saturated heterocycles. The lowest BCUT2D eigenvalue weighted by molar-refractivity contribution is -0.0377. The number of carbonyl (C=O) groups is 1. The van der Waals surface area contributed by atoms with Gasteiger partial charge in [-0.15, -0.1) is 11.3 Å². The number of amides is 1. The average Bonchev–Trinajstić information content (AvgIpc) is 3.00. The van der Waals surface area contributed by atoms with Crippen LogP contribution in [0.2, 0.25) is 0 Å². The normalized spacial score (nSPS) is 27.6. The van der Waals surface area contributed by atoms with Gasteiger partial charge in [-0.1, -0.05) is 0 Å². The van der Waals surface area contributed by atoms with Crippen LogP contribution in [0.5, 0.6) is 0 Å². The summed E-state index contributed by atoms with van der Waals surface area (Å²) in [6, 6.07) is 2.98. The van der Waals surface area contributed by atoms with Crippen molar-refractivity contribution in [2.75, 3.05) is 13.1 Å². The second-order valence-corrected chi connectivity index (χ2v) is 8.81. The van der Waals surface area contributed by atoms with E-state index in [4.69, 9.17) is 0 Å². The molecule has 25 heavy (non-hydrogen) atoms. The minimum absolute atomic E-state index is 0.000156. The summed E-state index contributed by atoms with van der Waals surface area (Å²) >= 11 is 1.10. The van der Waals surface area contributed by atoms with Crippen molar-refractivity contribution in [2.24, 2.45) is 5.92 Å². The van der Waals surface area contributed by atoms with Gasteiger partial charge < -0.3 is 5.32 Å². The summed E-state index contributed by atoms with van der Waals surface area (Å²) < 4.78 is 28.4. The first kappa shape index (κ1) is 16.9. The van der Waals surface area contributed by atoms with Crippen LogP contribution in [0.25, 0.3) is 10.1 Å². The smallest absolute Gasteiger partial charge is 0.261 e. The Hall–Kier alpha value is -1.53. The van der Waals surface area contributed by atoms with E-state index in [0.717, 1.165) is 37.3 Å². The van der Waals surface area contributed by atoms with E-state index in [1.54, 1.807) is 6.07 Å². The molecule has 3 nitrogen and oxygen atoms in total. The molecule has 4 heterocycles. The van der Waals surface area contributed by atoms with Gasteiger partial charge in [0.1, 0.15) is 11.6 Å². The van der Waals surface area contributed by atoms with Gasteiger partial charge in [0, 0.05) is 17.1 Å². The van der Waals surface area contributed by atoms with Crippen molar-refractivity contribution >= 4 is 27.3 Å². The summed E-state index contributed by atoms with van der Waals surface area (Å²) in [5.41, 5.74) is -0.0820. The number of fused-ring (bicyclic) bond motifs is 4. The zero-order chi connectivity index (χ0) is 17.9. The Morgan fingerprint density at radius 3 is 2.60 bits per heavy atom. The van der Waals surface area contributed by atoms with Gasteiger partial charge >= 0.3 is 0 Å². The number of halogens is 2. The van der Waals surface area contributed by atoms with Crippen molar-refractivity contribution in [3.05, 3.63) is 34.2 Å². The molecule has 0 unspecified atom stereocenters. The molecule has 1 N–H and O–H groups in total. The summed E-state index contributed by atoms with van der Waals surface area (Å²) in [4.78, 5) is 15.7. The van der Waals surface area contributed by atoms with E-state index in [0.29, 0.717) is 20.9 Å². The molecule has 134 valence electrons. The molecule has 5 rings (SSSR count). The van der Waals surface area contributed by atoms with E-state index >= 15 is 0 Å². The summed E-state index contributed by atoms with van der Waals surface area (Å²) in [6.07, 6.45) is 2.19.